The summed E-state index contributed by atoms with van der Waals surface area (Å²) < 4.78 is 0.730. The van der Waals surface area contributed by atoms with Crippen molar-refractivity contribution in [3.8, 4) is 0 Å². The molecule has 0 saturated heterocycles. The first-order valence-corrected chi connectivity index (χ1v) is 6.11. The summed E-state index contributed by atoms with van der Waals surface area (Å²) in [5, 5.41) is 3.79. The van der Waals surface area contributed by atoms with Crippen LogP contribution in [-0.4, -0.2) is 9.97 Å². The molecular weight excluding hydrogens is 327 g/mol. The third-order valence-corrected chi connectivity index (χ3v) is 3.72. The molecule has 0 atom stereocenters. The van der Waals surface area contributed by atoms with Crippen LogP contribution in [0.25, 0.3) is 0 Å². The third kappa shape index (κ3) is 2.80. The van der Waals surface area contributed by atoms with E-state index < -0.39 is 0 Å². The van der Waals surface area contributed by atoms with Crippen LogP contribution in [0.5, 0.6) is 0 Å². The Morgan fingerprint density at radius 2 is 1.76 bits per heavy atom. The van der Waals surface area contributed by atoms with E-state index in [2.05, 4.69) is 31.2 Å². The number of aromatic nitrogens is 2. The van der Waals surface area contributed by atoms with Gasteiger partial charge in [0.25, 0.3) is 0 Å². The Morgan fingerprint density at radius 1 is 1.12 bits per heavy atom. The Morgan fingerprint density at radius 3 is 2.41 bits per heavy atom. The topological polar surface area (TPSA) is 63.8 Å². The van der Waals surface area contributed by atoms with Crippen molar-refractivity contribution in [1.82, 2.24) is 9.97 Å². The summed E-state index contributed by atoms with van der Waals surface area (Å²) in [6.45, 7) is 0. The lowest BCUT2D eigenvalue weighted by atomic mass is 10.3. The van der Waals surface area contributed by atoms with Gasteiger partial charge in [0.2, 0.25) is 5.95 Å². The van der Waals surface area contributed by atoms with Crippen LogP contribution < -0.4 is 11.1 Å². The molecule has 0 fully saturated rings. The van der Waals surface area contributed by atoms with Gasteiger partial charge in [-0.25, -0.2) is 9.97 Å². The van der Waals surface area contributed by atoms with E-state index in [4.69, 9.17) is 28.9 Å². The van der Waals surface area contributed by atoms with E-state index in [1.807, 2.05) is 0 Å². The largest absolute Gasteiger partial charge is 0.396 e. The highest BCUT2D eigenvalue weighted by molar-refractivity contribution is 9.10. The second-order valence-electron chi connectivity index (χ2n) is 3.19. The smallest absolute Gasteiger partial charge is 0.227 e. The van der Waals surface area contributed by atoms with Crippen LogP contribution in [0.4, 0.5) is 17.3 Å². The average molecular weight is 334 g/mol. The number of halogens is 3. The van der Waals surface area contributed by atoms with Gasteiger partial charge in [0, 0.05) is 4.47 Å². The number of rotatable bonds is 2. The molecule has 0 aliphatic rings. The first-order chi connectivity index (χ1) is 8.08. The van der Waals surface area contributed by atoms with Gasteiger partial charge in [-0.3, -0.25) is 0 Å². The molecule has 0 radical (unpaired) electrons. The lowest BCUT2D eigenvalue weighted by molar-refractivity contribution is 1.17. The zero-order valence-corrected chi connectivity index (χ0v) is 11.5. The molecule has 0 aliphatic carbocycles. The standard InChI is InChI=1S/C10H7BrCl2N4/c11-6-1-2-7(9(13)8(6)12)17-10-15-3-5(14)4-16-10/h1-4H,14H2,(H,15,16,17). The fraction of sp³-hybridized carbons (Fsp3) is 0. The van der Waals surface area contributed by atoms with Crippen molar-refractivity contribution in [1.29, 1.82) is 0 Å². The summed E-state index contributed by atoms with van der Waals surface area (Å²) in [6.07, 6.45) is 3.01. The van der Waals surface area contributed by atoms with E-state index in [1.54, 1.807) is 12.1 Å². The number of anilines is 3. The van der Waals surface area contributed by atoms with Gasteiger partial charge in [0.15, 0.2) is 0 Å². The third-order valence-electron chi connectivity index (χ3n) is 1.95. The number of hydrogen-bond acceptors (Lipinski definition) is 4. The Hall–Kier alpha value is -1.04. The first kappa shape index (κ1) is 12.4. The fourth-order valence-electron chi connectivity index (χ4n) is 1.15. The van der Waals surface area contributed by atoms with Gasteiger partial charge in [0.05, 0.1) is 33.8 Å². The average Bonchev–Trinajstić information content (AvgIpc) is 2.33. The lowest BCUT2D eigenvalue weighted by Crippen LogP contribution is -1.98. The summed E-state index contributed by atoms with van der Waals surface area (Å²) in [5.74, 6) is 0.402. The van der Waals surface area contributed by atoms with Crippen LogP contribution in [-0.2, 0) is 0 Å². The summed E-state index contributed by atoms with van der Waals surface area (Å²) in [5.41, 5.74) is 6.61. The highest BCUT2D eigenvalue weighted by Gasteiger charge is 2.09. The second kappa shape index (κ2) is 5.08. The van der Waals surface area contributed by atoms with E-state index in [9.17, 15) is 0 Å². The van der Waals surface area contributed by atoms with E-state index in [0.717, 1.165) is 4.47 Å². The molecule has 0 bridgehead atoms. The van der Waals surface area contributed by atoms with E-state index >= 15 is 0 Å². The predicted octanol–water partition coefficient (Wildman–Crippen LogP) is 3.87. The number of nitrogen functional groups attached to an aromatic ring is 1. The molecule has 3 N–H and O–H groups in total. The molecule has 17 heavy (non-hydrogen) atoms. The van der Waals surface area contributed by atoms with Crippen LogP contribution in [0, 0.1) is 0 Å². The summed E-state index contributed by atoms with van der Waals surface area (Å²) in [4.78, 5) is 8.01. The predicted molar refractivity (Wildman–Crippen MR) is 73.9 cm³/mol. The molecule has 0 saturated carbocycles. The van der Waals surface area contributed by atoms with Gasteiger partial charge in [-0.05, 0) is 28.1 Å². The van der Waals surface area contributed by atoms with Gasteiger partial charge in [-0.15, -0.1) is 0 Å². The van der Waals surface area contributed by atoms with Gasteiger partial charge in [0.1, 0.15) is 0 Å². The van der Waals surface area contributed by atoms with Gasteiger partial charge in [-0.1, -0.05) is 23.2 Å². The number of nitrogens with one attached hydrogen (secondary N) is 1. The highest BCUT2D eigenvalue weighted by Crippen LogP contribution is 2.36. The maximum atomic E-state index is 6.07. The van der Waals surface area contributed by atoms with Crippen molar-refractivity contribution in [3.05, 3.63) is 39.0 Å². The maximum Gasteiger partial charge on any atom is 0.227 e. The Labute approximate surface area is 116 Å². The van der Waals surface area contributed by atoms with Gasteiger partial charge in [-0.2, -0.15) is 0 Å². The number of nitrogens with zero attached hydrogens (tertiary/aromatic N) is 2. The van der Waals surface area contributed by atoms with Crippen LogP contribution >= 0.6 is 39.1 Å². The van der Waals surface area contributed by atoms with Crippen LogP contribution in [0.1, 0.15) is 0 Å². The maximum absolute atomic E-state index is 6.07. The Kier molecular flexibility index (Phi) is 3.71. The fourth-order valence-corrected chi connectivity index (χ4v) is 1.97. The molecule has 0 unspecified atom stereocenters. The minimum absolute atomic E-state index is 0.402. The number of benzene rings is 1. The molecule has 0 spiro atoms. The zero-order chi connectivity index (χ0) is 12.4. The van der Waals surface area contributed by atoms with Gasteiger partial charge >= 0.3 is 0 Å². The molecule has 2 rings (SSSR count). The minimum Gasteiger partial charge on any atom is -0.396 e. The van der Waals surface area contributed by atoms with Crippen molar-refractivity contribution < 1.29 is 0 Å². The minimum atomic E-state index is 0.402. The molecule has 0 amide bonds. The Balaban J connectivity index is 2.30. The monoisotopic (exact) mass is 332 g/mol. The summed E-state index contributed by atoms with van der Waals surface area (Å²) >= 11 is 15.4. The molecular formula is C10H7BrCl2N4. The summed E-state index contributed by atoms with van der Waals surface area (Å²) in [6, 6.07) is 3.56. The van der Waals surface area contributed by atoms with Crippen molar-refractivity contribution >= 4 is 56.5 Å². The summed E-state index contributed by atoms with van der Waals surface area (Å²) in [7, 11) is 0. The zero-order valence-electron chi connectivity index (χ0n) is 8.42. The SMILES string of the molecule is Nc1cnc(Nc2ccc(Br)c(Cl)c2Cl)nc1. The number of nitrogens with two attached hydrogens (primary N) is 1. The van der Waals surface area contributed by atoms with Gasteiger partial charge < -0.3 is 11.1 Å². The highest BCUT2D eigenvalue weighted by atomic mass is 79.9. The van der Waals surface area contributed by atoms with Crippen molar-refractivity contribution in [3.63, 3.8) is 0 Å². The molecule has 1 aromatic carbocycles. The van der Waals surface area contributed by atoms with Crippen molar-refractivity contribution in [2.45, 2.75) is 0 Å². The first-order valence-electron chi connectivity index (χ1n) is 4.56. The lowest BCUT2D eigenvalue weighted by Gasteiger charge is -2.08. The van der Waals surface area contributed by atoms with E-state index in [-0.39, 0.29) is 0 Å². The van der Waals surface area contributed by atoms with Crippen molar-refractivity contribution in [2.24, 2.45) is 0 Å². The van der Waals surface area contributed by atoms with E-state index in [0.29, 0.717) is 27.4 Å². The molecule has 1 heterocycles. The van der Waals surface area contributed by atoms with E-state index in [1.165, 1.54) is 12.4 Å². The molecule has 4 nitrogen and oxygen atoms in total. The number of hydrogen-bond donors (Lipinski definition) is 2. The van der Waals surface area contributed by atoms with Crippen LogP contribution in [0.3, 0.4) is 0 Å². The normalized spacial score (nSPS) is 10.3. The Bertz CT molecular complexity index is 545. The van der Waals surface area contributed by atoms with Crippen LogP contribution in [0.2, 0.25) is 10.0 Å². The van der Waals surface area contributed by atoms with Crippen LogP contribution in [0.15, 0.2) is 29.0 Å². The second-order valence-corrected chi connectivity index (χ2v) is 4.80. The molecule has 88 valence electrons. The molecule has 2 aromatic rings. The van der Waals surface area contributed by atoms with Crippen molar-refractivity contribution in [2.75, 3.05) is 11.1 Å². The molecule has 7 heteroatoms. The quantitative estimate of drug-likeness (QED) is 0.819. The molecule has 1 aromatic heterocycles. The molecule has 0 aliphatic heterocycles.